The monoisotopic (exact) mass is 366 g/mol. The molecule has 0 radical (unpaired) electrons. The zero-order chi connectivity index (χ0) is 19.2. The van der Waals surface area contributed by atoms with Gasteiger partial charge in [-0.2, -0.15) is 0 Å². The maximum atomic E-state index is 12.5. The van der Waals surface area contributed by atoms with Crippen LogP contribution in [0.25, 0.3) is 0 Å². The van der Waals surface area contributed by atoms with E-state index in [-0.39, 0.29) is 5.91 Å². The lowest BCUT2D eigenvalue weighted by Gasteiger charge is -2.25. The van der Waals surface area contributed by atoms with Crippen molar-refractivity contribution in [2.75, 3.05) is 31.7 Å². The molecule has 3 rings (SSSR count). The molecule has 1 N–H and O–H groups in total. The number of para-hydroxylation sites is 1. The Hall–Kier alpha value is -2.95. The van der Waals surface area contributed by atoms with Crippen LogP contribution in [-0.4, -0.2) is 38.8 Å². The van der Waals surface area contributed by atoms with Crippen molar-refractivity contribution in [1.29, 1.82) is 0 Å². The lowest BCUT2D eigenvalue weighted by atomic mass is 10.1. The summed E-state index contributed by atoms with van der Waals surface area (Å²) in [6.45, 7) is 7.59. The lowest BCUT2D eigenvalue weighted by molar-refractivity contribution is 0.0954. The van der Waals surface area contributed by atoms with E-state index in [0.717, 1.165) is 13.0 Å². The fourth-order valence-electron chi connectivity index (χ4n) is 3.44. The van der Waals surface area contributed by atoms with Crippen LogP contribution in [0, 0.1) is 0 Å². The first-order valence-electron chi connectivity index (χ1n) is 9.18. The van der Waals surface area contributed by atoms with E-state index in [4.69, 9.17) is 9.47 Å². The Balaban J connectivity index is 1.59. The molecular weight excluding hydrogens is 340 g/mol. The summed E-state index contributed by atoms with van der Waals surface area (Å²) >= 11 is 0. The van der Waals surface area contributed by atoms with Crippen LogP contribution >= 0.6 is 0 Å². The molecule has 1 aliphatic heterocycles. The molecule has 0 bridgehead atoms. The predicted molar refractivity (Wildman–Crippen MR) is 108 cm³/mol. The normalized spacial score (nSPS) is 15.2. The number of fused-ring (bicyclic) bond motifs is 1. The molecule has 0 spiro atoms. The van der Waals surface area contributed by atoms with Crippen LogP contribution in [0.15, 0.2) is 55.1 Å². The number of benzene rings is 2. The number of ether oxygens (including phenoxy) is 2. The van der Waals surface area contributed by atoms with Crippen molar-refractivity contribution in [2.45, 2.75) is 19.4 Å². The Kier molecular flexibility index (Phi) is 6.01. The van der Waals surface area contributed by atoms with Crippen LogP contribution in [0.5, 0.6) is 11.5 Å². The van der Waals surface area contributed by atoms with Crippen molar-refractivity contribution >= 4 is 11.6 Å². The van der Waals surface area contributed by atoms with Crippen LogP contribution in [0.3, 0.4) is 0 Å². The van der Waals surface area contributed by atoms with Gasteiger partial charge in [0.25, 0.3) is 5.91 Å². The van der Waals surface area contributed by atoms with E-state index < -0.39 is 0 Å². The molecule has 1 amide bonds. The standard InChI is InChI=1S/C22H26N2O3/c1-4-13-27-20-10-9-18(15-21(20)26-3)22(25)23-11-12-24-16(2)14-17-7-5-6-8-19(17)24/h4-10,15-16H,1,11-14H2,2-3H3,(H,23,25). The van der Waals surface area contributed by atoms with Gasteiger partial charge in [0.1, 0.15) is 6.61 Å². The SMILES string of the molecule is C=CCOc1ccc(C(=O)NCCN2c3ccccc3CC2C)cc1OC. The zero-order valence-electron chi connectivity index (χ0n) is 15.9. The first-order valence-corrected chi connectivity index (χ1v) is 9.18. The molecule has 0 aliphatic carbocycles. The van der Waals surface area contributed by atoms with Gasteiger partial charge in [-0.05, 0) is 43.2 Å². The Bertz CT molecular complexity index is 819. The van der Waals surface area contributed by atoms with Crippen LogP contribution in [0.1, 0.15) is 22.8 Å². The maximum absolute atomic E-state index is 12.5. The Morgan fingerprint density at radius 1 is 1.30 bits per heavy atom. The Morgan fingerprint density at radius 2 is 2.11 bits per heavy atom. The fourth-order valence-corrected chi connectivity index (χ4v) is 3.44. The number of rotatable bonds is 8. The molecule has 0 saturated heterocycles. The zero-order valence-corrected chi connectivity index (χ0v) is 15.9. The van der Waals surface area contributed by atoms with Gasteiger partial charge in [-0.1, -0.05) is 30.9 Å². The number of hydrogen-bond acceptors (Lipinski definition) is 4. The van der Waals surface area contributed by atoms with Crippen LogP contribution in [-0.2, 0) is 6.42 Å². The van der Waals surface area contributed by atoms with Crippen molar-refractivity contribution < 1.29 is 14.3 Å². The van der Waals surface area contributed by atoms with E-state index in [1.165, 1.54) is 11.3 Å². The van der Waals surface area contributed by atoms with Gasteiger partial charge in [-0.3, -0.25) is 4.79 Å². The second-order valence-corrected chi connectivity index (χ2v) is 6.60. The van der Waals surface area contributed by atoms with Gasteiger partial charge in [0, 0.05) is 30.4 Å². The van der Waals surface area contributed by atoms with Crippen LogP contribution in [0.4, 0.5) is 5.69 Å². The highest BCUT2D eigenvalue weighted by Crippen LogP contribution is 2.31. The summed E-state index contributed by atoms with van der Waals surface area (Å²) < 4.78 is 10.8. The number of carbonyl (C=O) groups is 1. The van der Waals surface area contributed by atoms with Gasteiger partial charge in [0.2, 0.25) is 0 Å². The topological polar surface area (TPSA) is 50.8 Å². The molecule has 5 nitrogen and oxygen atoms in total. The molecule has 142 valence electrons. The molecular formula is C22H26N2O3. The summed E-state index contributed by atoms with van der Waals surface area (Å²) in [7, 11) is 1.56. The van der Waals surface area contributed by atoms with E-state index in [1.807, 2.05) is 0 Å². The summed E-state index contributed by atoms with van der Waals surface area (Å²) in [6.07, 6.45) is 2.71. The maximum Gasteiger partial charge on any atom is 0.251 e. The molecule has 0 saturated carbocycles. The second-order valence-electron chi connectivity index (χ2n) is 6.60. The van der Waals surface area contributed by atoms with Crippen molar-refractivity contribution in [3.8, 4) is 11.5 Å². The van der Waals surface area contributed by atoms with Gasteiger partial charge in [0.05, 0.1) is 7.11 Å². The number of amides is 1. The van der Waals surface area contributed by atoms with Crippen molar-refractivity contribution in [2.24, 2.45) is 0 Å². The van der Waals surface area contributed by atoms with E-state index in [9.17, 15) is 4.79 Å². The van der Waals surface area contributed by atoms with Gasteiger partial charge < -0.3 is 19.7 Å². The summed E-state index contributed by atoms with van der Waals surface area (Å²) in [5.74, 6) is 1.01. The minimum Gasteiger partial charge on any atom is -0.493 e. The first-order chi connectivity index (χ1) is 13.1. The minimum absolute atomic E-state index is 0.122. The quantitative estimate of drug-likeness (QED) is 0.727. The molecule has 1 aliphatic rings. The average molecular weight is 366 g/mol. The number of methoxy groups -OCH3 is 1. The van der Waals surface area contributed by atoms with E-state index in [1.54, 1.807) is 31.4 Å². The van der Waals surface area contributed by atoms with E-state index >= 15 is 0 Å². The molecule has 2 aromatic rings. The molecule has 2 aromatic carbocycles. The molecule has 27 heavy (non-hydrogen) atoms. The van der Waals surface area contributed by atoms with Gasteiger partial charge in [0.15, 0.2) is 11.5 Å². The van der Waals surface area contributed by atoms with E-state index in [0.29, 0.717) is 36.3 Å². The number of nitrogens with one attached hydrogen (secondary N) is 1. The first kappa shape index (κ1) is 18.8. The van der Waals surface area contributed by atoms with Crippen molar-refractivity contribution in [3.05, 3.63) is 66.2 Å². The Morgan fingerprint density at radius 3 is 2.89 bits per heavy atom. The third-order valence-corrected chi connectivity index (χ3v) is 4.77. The molecule has 5 heteroatoms. The minimum atomic E-state index is -0.122. The third-order valence-electron chi connectivity index (χ3n) is 4.77. The van der Waals surface area contributed by atoms with Crippen LogP contribution < -0.4 is 19.7 Å². The summed E-state index contributed by atoms with van der Waals surface area (Å²) in [4.78, 5) is 14.8. The number of hydrogen-bond donors (Lipinski definition) is 1. The third kappa shape index (κ3) is 4.25. The largest absolute Gasteiger partial charge is 0.493 e. The van der Waals surface area contributed by atoms with Crippen molar-refractivity contribution in [3.63, 3.8) is 0 Å². The van der Waals surface area contributed by atoms with Crippen molar-refractivity contribution in [1.82, 2.24) is 5.32 Å². The van der Waals surface area contributed by atoms with Crippen LogP contribution in [0.2, 0.25) is 0 Å². The summed E-state index contributed by atoms with van der Waals surface area (Å²) in [5.41, 5.74) is 3.19. The molecule has 0 fully saturated rings. The molecule has 1 atom stereocenters. The summed E-state index contributed by atoms with van der Waals surface area (Å²) in [5, 5.41) is 3.00. The number of carbonyl (C=O) groups excluding carboxylic acids is 1. The highest BCUT2D eigenvalue weighted by molar-refractivity contribution is 5.94. The van der Waals surface area contributed by atoms with Gasteiger partial charge in [-0.25, -0.2) is 0 Å². The van der Waals surface area contributed by atoms with Gasteiger partial charge in [-0.15, -0.1) is 0 Å². The smallest absolute Gasteiger partial charge is 0.251 e. The number of anilines is 1. The predicted octanol–water partition coefficient (Wildman–Crippen LogP) is 3.44. The second kappa shape index (κ2) is 8.62. The fraction of sp³-hybridized carbons (Fsp3) is 0.318. The summed E-state index contributed by atoms with van der Waals surface area (Å²) in [6, 6.07) is 14.1. The average Bonchev–Trinajstić information content (AvgIpc) is 3.01. The lowest BCUT2D eigenvalue weighted by Crippen LogP contribution is -2.37. The highest BCUT2D eigenvalue weighted by Gasteiger charge is 2.25. The number of nitrogens with zero attached hydrogens (tertiary/aromatic N) is 1. The van der Waals surface area contributed by atoms with E-state index in [2.05, 4.69) is 48.0 Å². The molecule has 1 heterocycles. The highest BCUT2D eigenvalue weighted by atomic mass is 16.5. The molecule has 1 unspecified atom stereocenters. The Labute approximate surface area is 160 Å². The van der Waals surface area contributed by atoms with Gasteiger partial charge >= 0.3 is 0 Å². The molecule has 0 aromatic heterocycles.